The molecule has 1 aliphatic heterocycles. The van der Waals surface area contributed by atoms with Crippen LogP contribution in [0.3, 0.4) is 0 Å². The summed E-state index contributed by atoms with van der Waals surface area (Å²) in [6.45, 7) is 3.80. The number of imide groups is 1. The van der Waals surface area contributed by atoms with Crippen LogP contribution in [0.1, 0.15) is 31.7 Å². The molecule has 0 aromatic heterocycles. The molecule has 1 heterocycles. The molecule has 5 heteroatoms. The monoisotopic (exact) mass is 352 g/mol. The number of allylic oxidation sites excluding steroid dienone is 2. The third-order valence-electron chi connectivity index (χ3n) is 6.08. The number of anilines is 1. The Labute approximate surface area is 153 Å². The van der Waals surface area contributed by atoms with E-state index in [-0.39, 0.29) is 41.4 Å². The van der Waals surface area contributed by atoms with Gasteiger partial charge in [0.1, 0.15) is 6.04 Å². The second-order valence-corrected chi connectivity index (χ2v) is 7.67. The molecule has 0 spiro atoms. The SMILES string of the molecule is CC[C@H](C(=O)Nc1cccc(C)c1)N1C(=O)[C@@H]2[C@@H](C1=O)[C@H]1C=C[C@H]2CC1. The first-order valence-corrected chi connectivity index (χ1v) is 9.44. The Morgan fingerprint density at radius 1 is 1.15 bits per heavy atom. The lowest BCUT2D eigenvalue weighted by Gasteiger charge is -2.38. The average Bonchev–Trinajstić information content (AvgIpc) is 2.91. The number of hydrogen-bond acceptors (Lipinski definition) is 3. The lowest BCUT2D eigenvalue weighted by Crippen LogP contribution is -2.47. The average molecular weight is 352 g/mol. The molecular formula is C21H24N2O3. The summed E-state index contributed by atoms with van der Waals surface area (Å²) in [4.78, 5) is 40.2. The van der Waals surface area contributed by atoms with E-state index >= 15 is 0 Å². The van der Waals surface area contributed by atoms with E-state index in [4.69, 9.17) is 0 Å². The van der Waals surface area contributed by atoms with Crippen molar-refractivity contribution in [3.05, 3.63) is 42.0 Å². The van der Waals surface area contributed by atoms with E-state index in [2.05, 4.69) is 17.5 Å². The molecule has 3 amide bonds. The van der Waals surface area contributed by atoms with Crippen molar-refractivity contribution in [3.63, 3.8) is 0 Å². The smallest absolute Gasteiger partial charge is 0.247 e. The molecule has 1 aromatic rings. The number of benzene rings is 1. The van der Waals surface area contributed by atoms with Crippen LogP contribution in [0.2, 0.25) is 0 Å². The van der Waals surface area contributed by atoms with Crippen LogP contribution in [0.15, 0.2) is 36.4 Å². The molecule has 26 heavy (non-hydrogen) atoms. The number of carbonyl (C=O) groups excluding carboxylic acids is 3. The second kappa shape index (κ2) is 6.38. The topological polar surface area (TPSA) is 66.5 Å². The molecule has 2 fully saturated rings. The maximum absolute atomic E-state index is 13.0. The highest BCUT2D eigenvalue weighted by Crippen LogP contribution is 2.50. The van der Waals surface area contributed by atoms with E-state index in [0.717, 1.165) is 18.4 Å². The highest BCUT2D eigenvalue weighted by atomic mass is 16.2. The lowest BCUT2D eigenvalue weighted by molar-refractivity contribution is -0.146. The molecule has 1 aromatic carbocycles. The molecule has 0 radical (unpaired) electrons. The number of carbonyl (C=O) groups is 3. The number of hydrogen-bond donors (Lipinski definition) is 1. The first-order valence-electron chi connectivity index (χ1n) is 9.44. The van der Waals surface area contributed by atoms with Crippen molar-refractivity contribution in [2.75, 3.05) is 5.32 Å². The molecular weight excluding hydrogens is 328 g/mol. The number of nitrogens with zero attached hydrogens (tertiary/aromatic N) is 1. The molecule has 1 saturated heterocycles. The summed E-state index contributed by atoms with van der Waals surface area (Å²) in [5, 5.41) is 2.87. The van der Waals surface area contributed by atoms with Gasteiger partial charge in [0.25, 0.3) is 0 Å². The summed E-state index contributed by atoms with van der Waals surface area (Å²) in [7, 11) is 0. The highest BCUT2D eigenvalue weighted by Gasteiger charge is 2.58. The first-order chi connectivity index (χ1) is 12.5. The van der Waals surface area contributed by atoms with Crippen LogP contribution in [0, 0.1) is 30.6 Å². The van der Waals surface area contributed by atoms with Crippen LogP contribution in [0.5, 0.6) is 0 Å². The van der Waals surface area contributed by atoms with Gasteiger partial charge in [-0.2, -0.15) is 0 Å². The summed E-state index contributed by atoms with van der Waals surface area (Å²) in [6.07, 6.45) is 6.52. The van der Waals surface area contributed by atoms with Crippen LogP contribution in [0.4, 0.5) is 5.69 Å². The molecule has 0 unspecified atom stereocenters. The van der Waals surface area contributed by atoms with E-state index in [1.165, 1.54) is 4.90 Å². The molecule has 136 valence electrons. The van der Waals surface area contributed by atoms with Crippen molar-refractivity contribution in [1.29, 1.82) is 0 Å². The Bertz CT molecular complexity index is 768. The van der Waals surface area contributed by atoms with E-state index in [1.54, 1.807) is 0 Å². The Hall–Kier alpha value is -2.43. The number of fused-ring (bicyclic) bond motifs is 1. The van der Waals surface area contributed by atoms with Gasteiger partial charge in [-0.25, -0.2) is 0 Å². The molecule has 1 N–H and O–H groups in total. The quantitative estimate of drug-likeness (QED) is 0.669. The third kappa shape index (κ3) is 2.57. The zero-order valence-electron chi connectivity index (χ0n) is 15.1. The van der Waals surface area contributed by atoms with Crippen molar-refractivity contribution >= 4 is 23.4 Å². The van der Waals surface area contributed by atoms with Gasteiger partial charge < -0.3 is 5.32 Å². The Kier molecular flexibility index (Phi) is 4.17. The minimum absolute atomic E-state index is 0.142. The van der Waals surface area contributed by atoms with Crippen molar-refractivity contribution in [2.24, 2.45) is 23.7 Å². The number of rotatable bonds is 4. The van der Waals surface area contributed by atoms with Crippen molar-refractivity contribution in [2.45, 2.75) is 39.2 Å². The minimum Gasteiger partial charge on any atom is -0.324 e. The minimum atomic E-state index is -0.750. The second-order valence-electron chi connectivity index (χ2n) is 7.67. The van der Waals surface area contributed by atoms with Crippen LogP contribution < -0.4 is 5.32 Å². The van der Waals surface area contributed by atoms with Crippen LogP contribution in [0.25, 0.3) is 0 Å². The van der Waals surface area contributed by atoms with Gasteiger partial charge in [-0.15, -0.1) is 0 Å². The first kappa shape index (κ1) is 17.0. The Morgan fingerprint density at radius 2 is 1.77 bits per heavy atom. The molecule has 1 saturated carbocycles. The van der Waals surface area contributed by atoms with Crippen LogP contribution in [-0.2, 0) is 14.4 Å². The van der Waals surface area contributed by atoms with Crippen molar-refractivity contribution < 1.29 is 14.4 Å². The lowest BCUT2D eigenvalue weighted by atomic mass is 9.63. The predicted octanol–water partition coefficient (Wildman–Crippen LogP) is 2.91. The number of likely N-dealkylation sites (tertiary alicyclic amines) is 1. The Morgan fingerprint density at radius 3 is 2.27 bits per heavy atom. The van der Waals surface area contributed by atoms with E-state index in [9.17, 15) is 14.4 Å². The molecule has 4 aliphatic rings. The molecule has 5 rings (SSSR count). The summed E-state index contributed by atoms with van der Waals surface area (Å²) in [5.41, 5.74) is 1.73. The fourth-order valence-corrected chi connectivity index (χ4v) is 4.84. The summed E-state index contributed by atoms with van der Waals surface area (Å²) in [6, 6.07) is 6.77. The van der Waals surface area contributed by atoms with E-state index in [1.807, 2.05) is 38.1 Å². The normalized spacial score (nSPS) is 30.5. The molecule has 5 atom stereocenters. The fraction of sp³-hybridized carbons (Fsp3) is 0.476. The number of aryl methyl sites for hydroxylation is 1. The van der Waals surface area contributed by atoms with E-state index in [0.29, 0.717) is 12.1 Å². The third-order valence-corrected chi connectivity index (χ3v) is 6.08. The van der Waals surface area contributed by atoms with Crippen molar-refractivity contribution in [3.8, 4) is 0 Å². The van der Waals surface area contributed by atoms with Gasteiger partial charge in [-0.05, 0) is 55.7 Å². The number of nitrogens with one attached hydrogen (secondary N) is 1. The van der Waals surface area contributed by atoms with Gasteiger partial charge in [0, 0.05) is 5.69 Å². The fourth-order valence-electron chi connectivity index (χ4n) is 4.84. The van der Waals surface area contributed by atoms with Crippen molar-refractivity contribution in [1.82, 2.24) is 4.90 Å². The number of amides is 3. The van der Waals surface area contributed by atoms with Gasteiger partial charge in [0.2, 0.25) is 17.7 Å². The largest absolute Gasteiger partial charge is 0.324 e. The molecule has 3 aliphatic carbocycles. The maximum atomic E-state index is 13.0. The van der Waals surface area contributed by atoms with Crippen LogP contribution >= 0.6 is 0 Å². The highest BCUT2D eigenvalue weighted by molar-refractivity contribution is 6.10. The summed E-state index contributed by atoms with van der Waals surface area (Å²) < 4.78 is 0. The molecule has 5 nitrogen and oxygen atoms in total. The van der Waals surface area contributed by atoms with Gasteiger partial charge >= 0.3 is 0 Å². The maximum Gasteiger partial charge on any atom is 0.247 e. The van der Waals surface area contributed by atoms with Gasteiger partial charge in [-0.3, -0.25) is 19.3 Å². The van der Waals surface area contributed by atoms with Gasteiger partial charge in [-0.1, -0.05) is 31.2 Å². The molecule has 2 bridgehead atoms. The van der Waals surface area contributed by atoms with Crippen LogP contribution in [-0.4, -0.2) is 28.7 Å². The standard InChI is InChI=1S/C21H24N2O3/c1-3-16(19(24)22-15-6-4-5-12(2)11-15)23-20(25)17-13-7-8-14(10-9-13)18(17)21(23)26/h4-8,11,13-14,16-18H,3,9-10H2,1-2H3,(H,22,24)/t13-,14-,16+,17-,18-/m0/s1. The van der Waals surface area contributed by atoms with Gasteiger partial charge in [0.15, 0.2) is 0 Å². The summed E-state index contributed by atoms with van der Waals surface area (Å²) >= 11 is 0. The zero-order chi connectivity index (χ0) is 18.4. The zero-order valence-corrected chi connectivity index (χ0v) is 15.1. The van der Waals surface area contributed by atoms with Gasteiger partial charge in [0.05, 0.1) is 11.8 Å². The summed E-state index contributed by atoms with van der Waals surface area (Å²) in [5.74, 6) is -0.874. The predicted molar refractivity (Wildman–Crippen MR) is 98.1 cm³/mol. The van der Waals surface area contributed by atoms with E-state index < -0.39 is 6.04 Å². The Balaban J connectivity index is 1.58.